The maximum Gasteiger partial charge on any atom is 0.231 e. The Morgan fingerprint density at radius 2 is 2.12 bits per heavy atom. The molecule has 0 fully saturated rings. The summed E-state index contributed by atoms with van der Waals surface area (Å²) < 4.78 is 0. The molecular weight excluding hydrogens is 300 g/mol. The minimum Gasteiger partial charge on any atom is -0.388 e. The molecule has 122 valence electrons. The smallest absolute Gasteiger partial charge is 0.231 e. The second-order valence-corrected chi connectivity index (χ2v) is 6.45. The maximum atomic E-state index is 12.9. The van der Waals surface area contributed by atoms with Crippen LogP contribution >= 0.6 is 0 Å². The van der Waals surface area contributed by atoms with Gasteiger partial charge in [-0.2, -0.15) is 0 Å². The van der Waals surface area contributed by atoms with Crippen molar-refractivity contribution < 1.29 is 9.90 Å². The quantitative estimate of drug-likeness (QED) is 0.759. The van der Waals surface area contributed by atoms with Gasteiger partial charge in [0.25, 0.3) is 0 Å². The van der Waals surface area contributed by atoms with Crippen LogP contribution in [-0.2, 0) is 11.2 Å². The molecule has 1 unspecified atom stereocenters. The standard InChI is InChI=1S/C20H20N2O2/c1-13-6-7-18-16(10-13)19(23)8-9-22(18)20(24)11-14-12-21-17-5-3-2-4-15(14)17/h2-7,10,12,19,21,23H,8-9,11H2,1H3. The number of aryl methyl sites for hydroxylation is 1. The van der Waals surface area contributed by atoms with Crippen molar-refractivity contribution in [2.45, 2.75) is 25.9 Å². The zero-order valence-electron chi connectivity index (χ0n) is 13.6. The number of anilines is 1. The van der Waals surface area contributed by atoms with E-state index < -0.39 is 6.10 Å². The number of aromatic nitrogens is 1. The molecular formula is C20H20N2O2. The zero-order valence-corrected chi connectivity index (χ0v) is 13.6. The lowest BCUT2D eigenvalue weighted by molar-refractivity contribution is -0.118. The molecule has 2 aromatic carbocycles. The number of nitrogens with zero attached hydrogens (tertiary/aromatic N) is 1. The average molecular weight is 320 g/mol. The number of carbonyl (C=O) groups excluding carboxylic acids is 1. The van der Waals surface area contributed by atoms with Crippen molar-refractivity contribution in [2.75, 3.05) is 11.4 Å². The van der Waals surface area contributed by atoms with Gasteiger partial charge in [-0.1, -0.05) is 35.9 Å². The largest absolute Gasteiger partial charge is 0.388 e. The van der Waals surface area contributed by atoms with Crippen molar-refractivity contribution in [1.29, 1.82) is 0 Å². The summed E-state index contributed by atoms with van der Waals surface area (Å²) in [6.07, 6.45) is 2.36. The van der Waals surface area contributed by atoms with E-state index >= 15 is 0 Å². The molecule has 2 heterocycles. The summed E-state index contributed by atoms with van der Waals surface area (Å²) in [6.45, 7) is 2.55. The first-order valence-electron chi connectivity index (χ1n) is 8.27. The Labute approximate surface area is 140 Å². The number of nitrogens with one attached hydrogen (secondary N) is 1. The Morgan fingerprint density at radius 1 is 1.29 bits per heavy atom. The van der Waals surface area contributed by atoms with Crippen LogP contribution in [0, 0.1) is 6.92 Å². The first-order valence-corrected chi connectivity index (χ1v) is 8.27. The molecule has 1 aliphatic heterocycles. The molecule has 4 heteroatoms. The summed E-state index contributed by atoms with van der Waals surface area (Å²) >= 11 is 0. The van der Waals surface area contributed by atoms with E-state index in [1.54, 1.807) is 0 Å². The van der Waals surface area contributed by atoms with E-state index in [-0.39, 0.29) is 5.91 Å². The second kappa shape index (κ2) is 5.80. The number of carbonyl (C=O) groups is 1. The first-order chi connectivity index (χ1) is 11.6. The van der Waals surface area contributed by atoms with Gasteiger partial charge >= 0.3 is 0 Å². The van der Waals surface area contributed by atoms with E-state index in [1.165, 1.54) is 0 Å². The number of para-hydroxylation sites is 1. The van der Waals surface area contributed by atoms with Gasteiger partial charge < -0.3 is 15.0 Å². The van der Waals surface area contributed by atoms with Gasteiger partial charge in [-0.25, -0.2) is 0 Å². The molecule has 1 aromatic heterocycles. The predicted molar refractivity (Wildman–Crippen MR) is 95.1 cm³/mol. The minimum atomic E-state index is -0.489. The first kappa shape index (κ1) is 15.0. The van der Waals surface area contributed by atoms with E-state index in [9.17, 15) is 9.90 Å². The summed E-state index contributed by atoms with van der Waals surface area (Å²) in [5.74, 6) is 0.0664. The maximum absolute atomic E-state index is 12.9. The molecule has 0 spiro atoms. The van der Waals surface area contributed by atoms with Gasteiger partial charge in [-0.3, -0.25) is 4.79 Å². The third-order valence-electron chi connectivity index (χ3n) is 4.78. The van der Waals surface area contributed by atoms with Crippen LogP contribution < -0.4 is 4.90 Å². The van der Waals surface area contributed by atoms with Gasteiger partial charge in [0, 0.05) is 34.9 Å². The van der Waals surface area contributed by atoms with Crippen LogP contribution in [0.1, 0.15) is 29.2 Å². The molecule has 1 aliphatic rings. The van der Waals surface area contributed by atoms with E-state index in [0.717, 1.165) is 33.3 Å². The normalized spacial score (nSPS) is 17.1. The Bertz CT molecular complexity index is 913. The van der Waals surface area contributed by atoms with E-state index in [2.05, 4.69) is 4.98 Å². The molecule has 1 amide bonds. The van der Waals surface area contributed by atoms with Crippen LogP contribution in [-0.4, -0.2) is 22.5 Å². The highest BCUT2D eigenvalue weighted by molar-refractivity contribution is 5.98. The number of amides is 1. The summed E-state index contributed by atoms with van der Waals surface area (Å²) in [5, 5.41) is 11.3. The number of H-pyrrole nitrogens is 1. The molecule has 4 nitrogen and oxygen atoms in total. The highest BCUT2D eigenvalue weighted by Crippen LogP contribution is 2.35. The summed E-state index contributed by atoms with van der Waals surface area (Å²) in [4.78, 5) is 17.9. The number of hydrogen-bond donors (Lipinski definition) is 2. The van der Waals surface area contributed by atoms with Crippen LogP contribution in [0.25, 0.3) is 10.9 Å². The SMILES string of the molecule is Cc1ccc2c(c1)C(O)CCN2C(=O)Cc1c[nH]c2ccccc12. The molecule has 1 atom stereocenters. The number of hydrogen-bond acceptors (Lipinski definition) is 2. The third-order valence-corrected chi connectivity index (χ3v) is 4.78. The van der Waals surface area contributed by atoms with Crippen molar-refractivity contribution in [1.82, 2.24) is 4.98 Å². The lowest BCUT2D eigenvalue weighted by Crippen LogP contribution is -2.37. The molecule has 0 bridgehead atoms. The van der Waals surface area contributed by atoms with Crippen LogP contribution in [0.4, 0.5) is 5.69 Å². The Balaban J connectivity index is 1.65. The fraction of sp³-hybridized carbons (Fsp3) is 0.250. The number of aliphatic hydroxyl groups is 1. The fourth-order valence-corrected chi connectivity index (χ4v) is 3.51. The minimum absolute atomic E-state index is 0.0664. The van der Waals surface area contributed by atoms with Gasteiger partial charge in [-0.05, 0) is 31.0 Å². The number of rotatable bonds is 2. The van der Waals surface area contributed by atoms with Crippen molar-refractivity contribution >= 4 is 22.5 Å². The molecule has 0 saturated carbocycles. The van der Waals surface area contributed by atoms with Crippen molar-refractivity contribution in [2.24, 2.45) is 0 Å². The summed E-state index contributed by atoms with van der Waals surface area (Å²) in [6, 6.07) is 13.9. The molecule has 3 aromatic rings. The monoisotopic (exact) mass is 320 g/mol. The number of benzene rings is 2. The van der Waals surface area contributed by atoms with E-state index in [4.69, 9.17) is 0 Å². The molecule has 2 N–H and O–H groups in total. The molecule has 0 radical (unpaired) electrons. The third kappa shape index (κ3) is 2.49. The number of aromatic amines is 1. The molecule has 24 heavy (non-hydrogen) atoms. The van der Waals surface area contributed by atoms with E-state index in [0.29, 0.717) is 19.4 Å². The van der Waals surface area contributed by atoms with Gasteiger partial charge in [-0.15, -0.1) is 0 Å². The van der Waals surface area contributed by atoms with Crippen LogP contribution in [0.2, 0.25) is 0 Å². The lowest BCUT2D eigenvalue weighted by atomic mass is 9.96. The zero-order chi connectivity index (χ0) is 16.7. The molecule has 0 saturated heterocycles. The van der Waals surface area contributed by atoms with Crippen LogP contribution in [0.3, 0.4) is 0 Å². The second-order valence-electron chi connectivity index (χ2n) is 6.45. The van der Waals surface area contributed by atoms with E-state index in [1.807, 2.05) is 60.5 Å². The fourth-order valence-electron chi connectivity index (χ4n) is 3.51. The van der Waals surface area contributed by atoms with Crippen molar-refractivity contribution in [3.8, 4) is 0 Å². The topological polar surface area (TPSA) is 56.3 Å². The summed E-state index contributed by atoms with van der Waals surface area (Å²) in [7, 11) is 0. The van der Waals surface area contributed by atoms with Crippen molar-refractivity contribution in [3.05, 3.63) is 65.4 Å². The van der Waals surface area contributed by atoms with Crippen molar-refractivity contribution in [3.63, 3.8) is 0 Å². The average Bonchev–Trinajstić information content (AvgIpc) is 2.99. The predicted octanol–water partition coefficient (Wildman–Crippen LogP) is 3.49. The summed E-state index contributed by atoms with van der Waals surface area (Å²) in [5.41, 5.74) is 4.84. The lowest BCUT2D eigenvalue weighted by Gasteiger charge is -2.32. The molecule has 4 rings (SSSR count). The van der Waals surface area contributed by atoms with Crippen LogP contribution in [0.15, 0.2) is 48.7 Å². The van der Waals surface area contributed by atoms with Gasteiger partial charge in [0.15, 0.2) is 0 Å². The Kier molecular flexibility index (Phi) is 3.62. The highest BCUT2D eigenvalue weighted by Gasteiger charge is 2.27. The van der Waals surface area contributed by atoms with Crippen LogP contribution in [0.5, 0.6) is 0 Å². The number of aliphatic hydroxyl groups excluding tert-OH is 1. The number of fused-ring (bicyclic) bond motifs is 2. The highest BCUT2D eigenvalue weighted by atomic mass is 16.3. The Hall–Kier alpha value is -2.59. The van der Waals surface area contributed by atoms with Gasteiger partial charge in [0.2, 0.25) is 5.91 Å². The van der Waals surface area contributed by atoms with Gasteiger partial charge in [0.05, 0.1) is 12.5 Å². The molecule has 0 aliphatic carbocycles. The Morgan fingerprint density at radius 3 is 3.00 bits per heavy atom. The van der Waals surface area contributed by atoms with Gasteiger partial charge in [0.1, 0.15) is 0 Å².